The quantitative estimate of drug-likeness (QED) is 0.365. The van der Waals surface area contributed by atoms with Gasteiger partial charge in [0.2, 0.25) is 0 Å². The predicted octanol–water partition coefficient (Wildman–Crippen LogP) is 4.48. The minimum absolute atomic E-state index is 0.105. The molecule has 0 saturated carbocycles. The molecule has 0 fully saturated rings. The largest absolute Gasteiger partial charge is 0.545 e. The van der Waals surface area contributed by atoms with Crippen LogP contribution in [0.25, 0.3) is 11.3 Å². The van der Waals surface area contributed by atoms with E-state index in [2.05, 4.69) is 5.10 Å². The van der Waals surface area contributed by atoms with E-state index in [4.69, 9.17) is 4.42 Å². The highest BCUT2D eigenvalue weighted by molar-refractivity contribution is 5.87. The van der Waals surface area contributed by atoms with Gasteiger partial charge in [0.15, 0.2) is 0 Å². The zero-order chi connectivity index (χ0) is 20.1. The number of furan rings is 1. The SMILES string of the molecule is O=C([O-])c1cccc(-c2ccc(/C=N\N(c3ccccc3)c3ccccc3)o2)c1. The lowest BCUT2D eigenvalue weighted by Gasteiger charge is -2.18. The van der Waals surface area contributed by atoms with E-state index in [-0.39, 0.29) is 5.56 Å². The lowest BCUT2D eigenvalue weighted by molar-refractivity contribution is -0.255. The first-order valence-electron chi connectivity index (χ1n) is 9.06. The van der Waals surface area contributed by atoms with Crippen LogP contribution in [0.2, 0.25) is 0 Å². The Morgan fingerprint density at radius 2 is 1.48 bits per heavy atom. The first-order valence-corrected chi connectivity index (χ1v) is 9.06. The molecule has 0 saturated heterocycles. The van der Waals surface area contributed by atoms with Gasteiger partial charge in [0.1, 0.15) is 11.5 Å². The third-order valence-electron chi connectivity index (χ3n) is 4.31. The lowest BCUT2D eigenvalue weighted by Crippen LogP contribution is -2.22. The van der Waals surface area contributed by atoms with Gasteiger partial charge in [-0.25, -0.2) is 5.01 Å². The number of carboxylic acids is 1. The fourth-order valence-electron chi connectivity index (χ4n) is 2.91. The van der Waals surface area contributed by atoms with Gasteiger partial charge in [-0.3, -0.25) is 0 Å². The van der Waals surface area contributed by atoms with Crippen molar-refractivity contribution in [2.24, 2.45) is 5.10 Å². The third-order valence-corrected chi connectivity index (χ3v) is 4.31. The molecule has 0 bridgehead atoms. The number of anilines is 2. The van der Waals surface area contributed by atoms with Gasteiger partial charge in [0, 0.05) is 5.56 Å². The van der Waals surface area contributed by atoms with Crippen LogP contribution in [0.4, 0.5) is 11.4 Å². The average molecular weight is 381 g/mol. The molecule has 1 aromatic heterocycles. The first kappa shape index (κ1) is 18.3. The zero-order valence-electron chi connectivity index (χ0n) is 15.4. The highest BCUT2D eigenvalue weighted by Crippen LogP contribution is 2.26. The van der Waals surface area contributed by atoms with Crippen LogP contribution in [0.1, 0.15) is 16.1 Å². The van der Waals surface area contributed by atoms with Crippen molar-refractivity contribution in [2.45, 2.75) is 0 Å². The van der Waals surface area contributed by atoms with E-state index in [1.807, 2.05) is 65.7 Å². The maximum Gasteiger partial charge on any atom is 0.147 e. The molecular weight excluding hydrogens is 364 g/mol. The standard InChI is InChI=1S/C24H18N2O3/c27-24(28)19-9-7-8-18(16-19)23-15-14-22(29-23)17-25-26(20-10-3-1-4-11-20)21-12-5-2-6-13-21/h1-17H,(H,27,28)/p-1/b25-17-. The Kier molecular flexibility index (Phi) is 5.21. The Hall–Kier alpha value is -4.12. The second-order valence-corrected chi connectivity index (χ2v) is 6.30. The first-order chi connectivity index (χ1) is 14.2. The molecule has 29 heavy (non-hydrogen) atoms. The Morgan fingerprint density at radius 3 is 2.10 bits per heavy atom. The Labute approximate surface area is 168 Å². The Balaban J connectivity index is 1.62. The van der Waals surface area contributed by atoms with Crippen molar-refractivity contribution in [2.75, 3.05) is 5.01 Å². The Bertz CT molecular complexity index is 1100. The van der Waals surface area contributed by atoms with E-state index in [1.165, 1.54) is 12.1 Å². The number of aromatic carboxylic acids is 1. The van der Waals surface area contributed by atoms with Gasteiger partial charge in [-0.05, 0) is 48.0 Å². The van der Waals surface area contributed by atoms with Gasteiger partial charge in [0.05, 0.1) is 23.6 Å². The molecule has 0 aliphatic heterocycles. The molecule has 1 heterocycles. The summed E-state index contributed by atoms with van der Waals surface area (Å²) in [6.45, 7) is 0. The molecule has 5 heteroatoms. The summed E-state index contributed by atoms with van der Waals surface area (Å²) in [5, 5.41) is 17.5. The van der Waals surface area contributed by atoms with Crippen molar-refractivity contribution in [1.82, 2.24) is 0 Å². The summed E-state index contributed by atoms with van der Waals surface area (Å²) in [6, 6.07) is 29.7. The van der Waals surface area contributed by atoms with Crippen molar-refractivity contribution in [3.8, 4) is 11.3 Å². The third kappa shape index (κ3) is 4.25. The summed E-state index contributed by atoms with van der Waals surface area (Å²) in [7, 11) is 0. The summed E-state index contributed by atoms with van der Waals surface area (Å²) < 4.78 is 5.84. The molecule has 0 spiro atoms. The van der Waals surface area contributed by atoms with Gasteiger partial charge in [-0.2, -0.15) is 5.10 Å². The topological polar surface area (TPSA) is 68.9 Å². The van der Waals surface area contributed by atoms with E-state index >= 15 is 0 Å². The van der Waals surface area contributed by atoms with Crippen molar-refractivity contribution < 1.29 is 14.3 Å². The summed E-state index contributed by atoms with van der Waals surface area (Å²) in [4.78, 5) is 11.1. The average Bonchev–Trinajstić information content (AvgIpc) is 3.25. The van der Waals surface area contributed by atoms with Crippen LogP contribution in [0.15, 0.2) is 107 Å². The van der Waals surface area contributed by atoms with Crippen molar-refractivity contribution in [3.63, 3.8) is 0 Å². The van der Waals surface area contributed by atoms with Crippen LogP contribution in [0, 0.1) is 0 Å². The number of nitrogens with zero attached hydrogens (tertiary/aromatic N) is 2. The molecule has 0 radical (unpaired) electrons. The van der Waals surface area contributed by atoms with Crippen molar-refractivity contribution in [1.29, 1.82) is 0 Å². The molecule has 0 N–H and O–H groups in total. The molecule has 4 aromatic rings. The number of hydrogen-bond acceptors (Lipinski definition) is 5. The van der Waals surface area contributed by atoms with Gasteiger partial charge >= 0.3 is 0 Å². The van der Waals surface area contributed by atoms with Crippen LogP contribution < -0.4 is 10.1 Å². The number of rotatable bonds is 6. The number of hydrazone groups is 1. The van der Waals surface area contributed by atoms with E-state index in [0.717, 1.165) is 11.4 Å². The summed E-state index contributed by atoms with van der Waals surface area (Å²) in [6.07, 6.45) is 1.63. The molecule has 0 unspecified atom stereocenters. The molecule has 3 aromatic carbocycles. The number of benzene rings is 3. The molecular formula is C24H17N2O3-. The molecule has 5 nitrogen and oxygen atoms in total. The maximum atomic E-state index is 11.1. The minimum Gasteiger partial charge on any atom is -0.545 e. The van der Waals surface area contributed by atoms with Gasteiger partial charge in [-0.15, -0.1) is 0 Å². The molecule has 0 aliphatic carbocycles. The number of para-hydroxylation sites is 2. The van der Waals surface area contributed by atoms with Crippen molar-refractivity contribution in [3.05, 3.63) is 108 Å². The minimum atomic E-state index is -1.22. The molecule has 4 rings (SSSR count). The second kappa shape index (κ2) is 8.27. The van der Waals surface area contributed by atoms with Gasteiger partial charge in [0.25, 0.3) is 0 Å². The molecule has 0 aliphatic rings. The van der Waals surface area contributed by atoms with E-state index < -0.39 is 5.97 Å². The summed E-state index contributed by atoms with van der Waals surface area (Å²) in [5.41, 5.74) is 2.61. The van der Waals surface area contributed by atoms with Crippen LogP contribution in [0.5, 0.6) is 0 Å². The lowest BCUT2D eigenvalue weighted by atomic mass is 10.1. The predicted molar refractivity (Wildman–Crippen MR) is 111 cm³/mol. The fourth-order valence-corrected chi connectivity index (χ4v) is 2.91. The summed E-state index contributed by atoms with van der Waals surface area (Å²) in [5.74, 6) is -0.113. The van der Waals surface area contributed by atoms with Crippen LogP contribution in [-0.4, -0.2) is 12.2 Å². The Morgan fingerprint density at radius 1 is 0.828 bits per heavy atom. The normalized spacial score (nSPS) is 10.9. The van der Waals surface area contributed by atoms with Gasteiger partial charge < -0.3 is 14.3 Å². The monoisotopic (exact) mass is 381 g/mol. The highest BCUT2D eigenvalue weighted by Gasteiger charge is 2.08. The number of hydrogen-bond donors (Lipinski definition) is 0. The maximum absolute atomic E-state index is 11.1. The number of carbonyl (C=O) groups excluding carboxylic acids is 1. The zero-order valence-corrected chi connectivity index (χ0v) is 15.4. The number of carbonyl (C=O) groups is 1. The fraction of sp³-hybridized carbons (Fsp3) is 0. The van der Waals surface area contributed by atoms with E-state index in [9.17, 15) is 9.90 Å². The van der Waals surface area contributed by atoms with Crippen LogP contribution in [-0.2, 0) is 0 Å². The second-order valence-electron chi connectivity index (χ2n) is 6.30. The van der Waals surface area contributed by atoms with E-state index in [0.29, 0.717) is 17.1 Å². The number of carboxylic acid groups (broad SMARTS) is 1. The van der Waals surface area contributed by atoms with Gasteiger partial charge in [-0.1, -0.05) is 54.6 Å². The van der Waals surface area contributed by atoms with Crippen LogP contribution in [0.3, 0.4) is 0 Å². The van der Waals surface area contributed by atoms with E-state index in [1.54, 1.807) is 30.5 Å². The highest BCUT2D eigenvalue weighted by atomic mass is 16.4. The molecule has 142 valence electrons. The van der Waals surface area contributed by atoms with Crippen LogP contribution >= 0.6 is 0 Å². The van der Waals surface area contributed by atoms with Crippen molar-refractivity contribution >= 4 is 23.6 Å². The summed E-state index contributed by atoms with van der Waals surface area (Å²) >= 11 is 0. The molecule has 0 amide bonds. The smallest absolute Gasteiger partial charge is 0.147 e. The molecule has 0 atom stereocenters.